The van der Waals surface area contributed by atoms with Gasteiger partial charge in [0.15, 0.2) is 0 Å². The molecule has 0 atom stereocenters. The lowest BCUT2D eigenvalue weighted by molar-refractivity contribution is 0.0925. The van der Waals surface area contributed by atoms with Crippen LogP contribution in [0.5, 0.6) is 5.75 Å². The van der Waals surface area contributed by atoms with Crippen LogP contribution < -0.4 is 14.7 Å². The number of hydrogen-bond acceptors (Lipinski definition) is 7. The number of nitrogens with zero attached hydrogens (tertiary/aromatic N) is 4. The number of para-hydroxylation sites is 2. The first-order valence-corrected chi connectivity index (χ1v) is 11.2. The maximum Gasteiger partial charge on any atom is 0.269 e. The summed E-state index contributed by atoms with van der Waals surface area (Å²) < 4.78 is 5.21. The van der Waals surface area contributed by atoms with Gasteiger partial charge in [0.25, 0.3) is 11.8 Å². The molecule has 0 saturated heterocycles. The molecule has 1 aliphatic heterocycles. The second-order valence-electron chi connectivity index (χ2n) is 8.12. The van der Waals surface area contributed by atoms with E-state index in [1.807, 2.05) is 54.6 Å². The van der Waals surface area contributed by atoms with Gasteiger partial charge >= 0.3 is 0 Å². The quantitative estimate of drug-likeness (QED) is 0.285. The summed E-state index contributed by atoms with van der Waals surface area (Å²) in [5, 5.41) is 12.1. The van der Waals surface area contributed by atoms with E-state index in [0.717, 1.165) is 31.8 Å². The first-order chi connectivity index (χ1) is 17.5. The fourth-order valence-electron chi connectivity index (χ4n) is 4.08. The summed E-state index contributed by atoms with van der Waals surface area (Å²) in [7, 11) is 3.05. The fourth-order valence-corrected chi connectivity index (χ4v) is 4.08. The number of aromatic nitrogens is 2. The first kappa shape index (κ1) is 22.9. The molecule has 6 rings (SSSR count). The van der Waals surface area contributed by atoms with Gasteiger partial charge in [-0.3, -0.25) is 29.8 Å². The van der Waals surface area contributed by atoms with E-state index in [-0.39, 0.29) is 11.8 Å². The number of hydroxylamine groups is 1. The molecule has 0 fully saturated rings. The number of rotatable bonds is 3. The van der Waals surface area contributed by atoms with Crippen molar-refractivity contribution in [3.05, 3.63) is 102 Å². The molecule has 1 N–H and O–H groups in total. The van der Waals surface area contributed by atoms with Crippen LogP contribution in [0.1, 0.15) is 20.7 Å². The molecule has 178 valence electrons. The summed E-state index contributed by atoms with van der Waals surface area (Å²) in [4.78, 5) is 35.0. The van der Waals surface area contributed by atoms with E-state index in [0.29, 0.717) is 28.3 Å². The minimum absolute atomic E-state index is 0.299. The third-order valence-corrected chi connectivity index (χ3v) is 5.88. The van der Waals surface area contributed by atoms with Crippen molar-refractivity contribution in [2.45, 2.75) is 0 Å². The Morgan fingerprint density at radius 2 is 1.44 bits per heavy atom. The van der Waals surface area contributed by atoms with E-state index in [1.54, 1.807) is 37.5 Å². The van der Waals surface area contributed by atoms with Crippen LogP contribution in [-0.4, -0.2) is 41.1 Å². The number of amides is 2. The van der Waals surface area contributed by atoms with Gasteiger partial charge in [-0.2, -0.15) is 0 Å². The first-order valence-electron chi connectivity index (χ1n) is 11.2. The standard InChI is InChI=1S/C18H12N2O3.C10H10N2O/c1-23-15-8-4-6-13-16(15)18(22)20(17(13)21)12-9-11-5-2-3-7-14(11)19-10-12;1-12(13)9-6-8-4-2-3-5-10(8)11-7-9/h2-10H,1H3;2-7,13H,1H3. The molecule has 2 aromatic heterocycles. The van der Waals surface area contributed by atoms with Gasteiger partial charge in [-0.05, 0) is 36.4 Å². The van der Waals surface area contributed by atoms with E-state index in [2.05, 4.69) is 9.97 Å². The lowest BCUT2D eigenvalue weighted by Crippen LogP contribution is -2.29. The maximum atomic E-state index is 12.7. The number of anilines is 2. The molecular weight excluding hydrogens is 456 g/mol. The van der Waals surface area contributed by atoms with Crippen molar-refractivity contribution in [2.75, 3.05) is 24.1 Å². The highest BCUT2D eigenvalue weighted by Crippen LogP contribution is 2.34. The zero-order valence-corrected chi connectivity index (χ0v) is 19.6. The number of carbonyl (C=O) groups is 2. The normalized spacial score (nSPS) is 12.4. The maximum absolute atomic E-state index is 12.7. The topological polar surface area (TPSA) is 95.9 Å². The average Bonchev–Trinajstić information content (AvgIpc) is 3.18. The number of benzene rings is 3. The van der Waals surface area contributed by atoms with E-state index in [1.165, 1.54) is 13.3 Å². The van der Waals surface area contributed by atoms with Crippen molar-refractivity contribution < 1.29 is 19.5 Å². The van der Waals surface area contributed by atoms with Crippen LogP contribution in [0.15, 0.2) is 91.3 Å². The van der Waals surface area contributed by atoms with Crippen molar-refractivity contribution in [1.29, 1.82) is 0 Å². The Kier molecular flexibility index (Phi) is 6.02. The van der Waals surface area contributed by atoms with E-state index >= 15 is 0 Å². The minimum atomic E-state index is -0.389. The number of imide groups is 1. The Morgan fingerprint density at radius 1 is 0.806 bits per heavy atom. The van der Waals surface area contributed by atoms with Gasteiger partial charge in [0.05, 0.1) is 53.0 Å². The van der Waals surface area contributed by atoms with E-state index in [9.17, 15) is 14.8 Å². The predicted octanol–water partition coefficient (Wildman–Crippen LogP) is 5.10. The molecule has 8 nitrogen and oxygen atoms in total. The van der Waals surface area contributed by atoms with Crippen LogP contribution in [0.25, 0.3) is 21.8 Å². The Bertz CT molecular complexity index is 1620. The van der Waals surface area contributed by atoms with E-state index < -0.39 is 0 Å². The molecule has 3 aromatic carbocycles. The smallest absolute Gasteiger partial charge is 0.269 e. The highest BCUT2D eigenvalue weighted by atomic mass is 16.5. The lowest BCUT2D eigenvalue weighted by Gasteiger charge is -2.14. The van der Waals surface area contributed by atoms with Gasteiger partial charge < -0.3 is 4.74 Å². The molecule has 3 heterocycles. The molecule has 0 radical (unpaired) electrons. The summed E-state index contributed by atoms with van der Waals surface area (Å²) >= 11 is 0. The Labute approximate surface area is 207 Å². The Hall–Kier alpha value is -4.82. The van der Waals surface area contributed by atoms with Crippen LogP contribution in [0, 0.1) is 0 Å². The van der Waals surface area contributed by atoms with Crippen LogP contribution in [0.4, 0.5) is 11.4 Å². The number of methoxy groups -OCH3 is 1. The third-order valence-electron chi connectivity index (χ3n) is 5.88. The molecule has 36 heavy (non-hydrogen) atoms. The summed E-state index contributed by atoms with van der Waals surface area (Å²) in [6.07, 6.45) is 3.18. The van der Waals surface area contributed by atoms with Crippen molar-refractivity contribution in [1.82, 2.24) is 9.97 Å². The Morgan fingerprint density at radius 3 is 2.11 bits per heavy atom. The van der Waals surface area contributed by atoms with Gasteiger partial charge in [0.2, 0.25) is 0 Å². The molecule has 0 saturated carbocycles. The number of pyridine rings is 2. The molecule has 8 heteroatoms. The summed E-state index contributed by atoms with van der Waals surface area (Å²) in [6.45, 7) is 0. The second-order valence-corrected chi connectivity index (χ2v) is 8.12. The zero-order valence-electron chi connectivity index (χ0n) is 19.6. The van der Waals surface area contributed by atoms with Crippen LogP contribution in [0.2, 0.25) is 0 Å². The number of fused-ring (bicyclic) bond motifs is 3. The summed E-state index contributed by atoms with van der Waals surface area (Å²) in [5.74, 6) is -0.349. The highest BCUT2D eigenvalue weighted by molar-refractivity contribution is 6.35. The molecule has 2 amide bonds. The number of ether oxygens (including phenoxy) is 1. The van der Waals surface area contributed by atoms with Crippen LogP contribution in [-0.2, 0) is 0 Å². The monoisotopic (exact) mass is 478 g/mol. The highest BCUT2D eigenvalue weighted by Gasteiger charge is 2.39. The van der Waals surface area contributed by atoms with Gasteiger partial charge in [-0.1, -0.05) is 42.5 Å². The second kappa shape index (κ2) is 9.44. The van der Waals surface area contributed by atoms with Crippen molar-refractivity contribution in [3.8, 4) is 5.75 Å². The minimum Gasteiger partial charge on any atom is -0.496 e. The van der Waals surface area contributed by atoms with Gasteiger partial charge in [0.1, 0.15) is 5.75 Å². The van der Waals surface area contributed by atoms with Gasteiger partial charge in [-0.15, -0.1) is 0 Å². The Balaban J connectivity index is 0.000000174. The largest absolute Gasteiger partial charge is 0.496 e. The summed E-state index contributed by atoms with van der Waals surface area (Å²) in [5.41, 5.74) is 3.55. The zero-order chi connectivity index (χ0) is 25.2. The predicted molar refractivity (Wildman–Crippen MR) is 138 cm³/mol. The van der Waals surface area contributed by atoms with E-state index in [4.69, 9.17) is 4.74 Å². The molecule has 0 spiro atoms. The van der Waals surface area contributed by atoms with Crippen LogP contribution >= 0.6 is 0 Å². The lowest BCUT2D eigenvalue weighted by atomic mass is 10.1. The molecule has 0 bridgehead atoms. The number of hydrogen-bond donors (Lipinski definition) is 1. The molecule has 5 aromatic rings. The van der Waals surface area contributed by atoms with Crippen LogP contribution in [0.3, 0.4) is 0 Å². The van der Waals surface area contributed by atoms with Crippen molar-refractivity contribution in [2.24, 2.45) is 0 Å². The van der Waals surface area contributed by atoms with Crippen molar-refractivity contribution in [3.63, 3.8) is 0 Å². The fraction of sp³-hybridized carbons (Fsp3) is 0.0714. The molecule has 1 aliphatic rings. The molecular formula is C28H22N4O4. The van der Waals surface area contributed by atoms with Gasteiger partial charge in [-0.25, -0.2) is 4.90 Å². The average molecular weight is 479 g/mol. The SMILES string of the molecule is CN(O)c1cnc2ccccc2c1.COc1cccc2c1C(=O)N(c1cnc3ccccc3c1)C2=O. The third kappa shape index (κ3) is 4.10. The molecule has 0 aliphatic carbocycles. The number of carbonyl (C=O) groups excluding carboxylic acids is 2. The molecule has 0 unspecified atom stereocenters. The van der Waals surface area contributed by atoms with Crippen molar-refractivity contribution >= 4 is 45.0 Å². The summed E-state index contributed by atoms with van der Waals surface area (Å²) in [6, 6.07) is 24.0. The van der Waals surface area contributed by atoms with Gasteiger partial charge in [0, 0.05) is 17.8 Å².